The van der Waals surface area contributed by atoms with E-state index in [0.717, 1.165) is 77.3 Å². The minimum absolute atomic E-state index is 0.0187. The topological polar surface area (TPSA) is 168 Å². The predicted molar refractivity (Wildman–Crippen MR) is 354 cm³/mol. The highest BCUT2D eigenvalue weighted by atomic mass is 19.3. The molecule has 7 aliphatic rings. The third kappa shape index (κ3) is 11.6. The van der Waals surface area contributed by atoms with E-state index in [1.807, 2.05) is 9.80 Å². The number of phenolic OH excluding ortho intramolecular Hbond substituents is 2. The van der Waals surface area contributed by atoms with Gasteiger partial charge in [0, 0.05) is 122 Å². The number of benzene rings is 4. The van der Waals surface area contributed by atoms with Crippen molar-refractivity contribution in [1.29, 1.82) is 0 Å². The second kappa shape index (κ2) is 25.6. The van der Waals surface area contributed by atoms with Crippen molar-refractivity contribution in [2.24, 2.45) is 16.7 Å². The maximum absolute atomic E-state index is 18.0. The van der Waals surface area contributed by atoms with Crippen molar-refractivity contribution in [1.82, 2.24) is 39.7 Å². The number of aromatic nitrogens is 6. The van der Waals surface area contributed by atoms with E-state index < -0.39 is 29.2 Å². The van der Waals surface area contributed by atoms with Gasteiger partial charge in [0.15, 0.2) is 11.6 Å². The molecule has 8 heterocycles. The van der Waals surface area contributed by atoms with Crippen LogP contribution in [0.4, 0.5) is 38.0 Å². The summed E-state index contributed by atoms with van der Waals surface area (Å²) in [6.45, 7) is 8.76. The Kier molecular flexibility index (Phi) is 17.0. The number of piperidine rings is 2. The van der Waals surface area contributed by atoms with Crippen LogP contribution in [0.25, 0.3) is 65.9 Å². The lowest BCUT2D eigenvalue weighted by Gasteiger charge is -2.53. The van der Waals surface area contributed by atoms with Crippen molar-refractivity contribution < 1.29 is 55.5 Å². The van der Waals surface area contributed by atoms with Gasteiger partial charge in [0.25, 0.3) is 5.92 Å². The average Bonchev–Trinajstić information content (AvgIpc) is 1.73. The average molecular weight is 1320 g/mol. The molecule has 7 fully saturated rings. The monoisotopic (exact) mass is 1310 g/mol. The molecule has 8 aromatic rings. The normalized spacial score (nSPS) is 23.7. The number of ether oxygens (including phenoxy) is 4. The van der Waals surface area contributed by atoms with Crippen molar-refractivity contribution in [2.75, 3.05) is 95.3 Å². The van der Waals surface area contributed by atoms with Gasteiger partial charge in [0.1, 0.15) is 57.2 Å². The quantitative estimate of drug-likeness (QED) is 0.0734. The Morgan fingerprint density at radius 1 is 0.615 bits per heavy atom. The number of pyridine rings is 2. The number of anilines is 2. The highest BCUT2D eigenvalue weighted by molar-refractivity contribution is 6.05. The predicted octanol–water partition coefficient (Wildman–Crippen LogP) is 13.1. The van der Waals surface area contributed by atoms with Gasteiger partial charge in [-0.25, -0.2) is 26.3 Å². The van der Waals surface area contributed by atoms with Crippen molar-refractivity contribution in [3.05, 3.63) is 94.8 Å². The summed E-state index contributed by atoms with van der Waals surface area (Å²) in [5, 5.41) is 24.5. The lowest BCUT2D eigenvalue weighted by Crippen LogP contribution is -2.60. The fraction of sp³-hybridized carbons (Fsp3) is 0.486. The molecule has 500 valence electrons. The Bertz CT molecular complexity index is 4450. The molecule has 15 rings (SSSR count). The highest BCUT2D eigenvalue weighted by Crippen LogP contribution is 2.53. The molecule has 3 saturated carbocycles. The number of alkyl halides is 2. The van der Waals surface area contributed by atoms with Crippen LogP contribution in [-0.4, -0.2) is 159 Å². The Morgan fingerprint density at radius 3 is 1.77 bits per heavy atom. The van der Waals surface area contributed by atoms with Gasteiger partial charge in [-0.3, -0.25) is 19.8 Å². The highest BCUT2D eigenvalue weighted by Gasteiger charge is 2.56. The molecular weight excluding hydrogens is 1240 g/mol. The number of aromatic hydroxyl groups is 2. The van der Waals surface area contributed by atoms with Gasteiger partial charge < -0.3 is 39.0 Å². The van der Waals surface area contributed by atoms with Gasteiger partial charge in [-0.1, -0.05) is 37.7 Å². The summed E-state index contributed by atoms with van der Waals surface area (Å²) in [7, 11) is 0. The Balaban J connectivity index is 0.715. The zero-order chi connectivity index (χ0) is 66.2. The Labute approximate surface area is 552 Å². The summed E-state index contributed by atoms with van der Waals surface area (Å²) >= 11 is 0. The van der Waals surface area contributed by atoms with Crippen LogP contribution >= 0.6 is 0 Å². The zero-order valence-electron chi connectivity index (χ0n) is 53.7. The number of phenols is 2. The third-order valence-corrected chi connectivity index (χ3v) is 21.8. The smallest absolute Gasteiger partial charge is 0.319 e. The van der Waals surface area contributed by atoms with Gasteiger partial charge >= 0.3 is 12.0 Å². The van der Waals surface area contributed by atoms with Crippen LogP contribution in [-0.2, 0) is 15.9 Å². The SMILES string of the molecule is C#Cc1c(F)ccc2cc(O)cc(-c3ncc4c(N5CCCOCC5)nc(OCC56CCCC5N(CC(C)Cc5cc(F)c(C#C)c7c(-c8ncc9c(N%10CCCOCC%10)nc(OCC%10%11CCCC%10N(C%10CC(F)(F)C%10)CCC%11)nc9c8F)cc(O)cc57)CCC6)nc4c3F)c12. The molecule has 0 amide bonds. The summed E-state index contributed by atoms with van der Waals surface area (Å²) < 4.78 is 121. The summed E-state index contributed by atoms with van der Waals surface area (Å²) in [5.74, 6) is -0.323. The van der Waals surface area contributed by atoms with Gasteiger partial charge in [0.05, 0.1) is 48.3 Å². The maximum Gasteiger partial charge on any atom is 0.319 e. The lowest BCUT2D eigenvalue weighted by atomic mass is 9.73. The van der Waals surface area contributed by atoms with E-state index >= 15 is 17.6 Å². The minimum atomic E-state index is -2.64. The Hall–Kier alpha value is -8.28. The largest absolute Gasteiger partial charge is 0.508 e. The maximum atomic E-state index is 18.0. The van der Waals surface area contributed by atoms with E-state index in [-0.39, 0.29) is 140 Å². The van der Waals surface area contributed by atoms with Gasteiger partial charge in [-0.2, -0.15) is 19.9 Å². The van der Waals surface area contributed by atoms with Crippen LogP contribution in [0.3, 0.4) is 0 Å². The number of fused-ring (bicyclic) bond motifs is 6. The first kappa shape index (κ1) is 63.8. The Morgan fingerprint density at radius 2 is 1.17 bits per heavy atom. The summed E-state index contributed by atoms with van der Waals surface area (Å²) in [4.78, 5) is 37.5. The van der Waals surface area contributed by atoms with E-state index in [9.17, 15) is 19.0 Å². The molecule has 4 saturated heterocycles. The number of terminal acetylenes is 2. The number of hydrogen-bond donors (Lipinski definition) is 2. The fourth-order valence-corrected chi connectivity index (χ4v) is 17.5. The van der Waals surface area contributed by atoms with E-state index in [1.165, 1.54) is 48.8 Å². The van der Waals surface area contributed by atoms with Gasteiger partial charge in [0.2, 0.25) is 0 Å². The van der Waals surface area contributed by atoms with Crippen molar-refractivity contribution in [3.8, 4) is 70.7 Å². The van der Waals surface area contributed by atoms with Crippen LogP contribution in [0.2, 0.25) is 0 Å². The molecular formula is C74H76F6N10O6. The summed E-state index contributed by atoms with van der Waals surface area (Å²) in [6.07, 6.45) is 25.2. The first-order valence-corrected chi connectivity index (χ1v) is 33.9. The molecule has 22 heteroatoms. The van der Waals surface area contributed by atoms with Crippen molar-refractivity contribution in [3.63, 3.8) is 0 Å². The summed E-state index contributed by atoms with van der Waals surface area (Å²) in [6, 6.07) is 9.67. The molecule has 4 aliphatic heterocycles. The van der Waals surface area contributed by atoms with E-state index in [1.54, 1.807) is 6.07 Å². The van der Waals surface area contributed by atoms with E-state index in [2.05, 4.69) is 33.5 Å². The number of nitrogens with zero attached hydrogens (tertiary/aromatic N) is 10. The third-order valence-electron chi connectivity index (χ3n) is 21.8. The molecule has 0 spiro atoms. The first-order valence-electron chi connectivity index (χ1n) is 33.9. The second-order valence-corrected chi connectivity index (χ2v) is 27.8. The standard InChI is InChI=1S/C74H76F6N10O6/c1-4-49-56(75)15-14-44-31-47(91)34-52(60(44)49)64-62(77)66-54(38-81-64)68(87-21-10-26-93-28-24-87)85-70(83-66)95-41-72-16-6-12-58(72)89(20-8-18-72)40-43(3)30-45-32-57(76)50(5-2)61-51(45)33-48(92)35-53(61)65-63(78)67-55(39-82-65)69(88-22-11-27-94-29-25-88)86-71(84-67)96-42-73-17-7-13-59(73)90(23-9-19-73)46-36-74(79,80)37-46/h1-2,14-15,31-35,38-39,43,46,58-59,91-92H,6-13,16-30,36-37,40-42H2,3H3. The molecule has 0 radical (unpaired) electrons. The van der Waals surface area contributed by atoms with Crippen LogP contribution in [0.15, 0.2) is 54.9 Å². The van der Waals surface area contributed by atoms with Crippen LogP contribution in [0.5, 0.6) is 23.5 Å². The molecule has 3 aliphatic carbocycles. The summed E-state index contributed by atoms with van der Waals surface area (Å²) in [5.41, 5.74) is -0.615. The molecule has 2 N–H and O–H groups in total. The van der Waals surface area contributed by atoms with Crippen molar-refractivity contribution in [2.45, 2.75) is 127 Å². The van der Waals surface area contributed by atoms with Crippen LogP contribution in [0, 0.1) is 64.7 Å². The van der Waals surface area contributed by atoms with Crippen LogP contribution < -0.4 is 19.3 Å². The van der Waals surface area contributed by atoms with Gasteiger partial charge in [-0.15, -0.1) is 12.8 Å². The number of likely N-dealkylation sites (tertiary alicyclic amines) is 2. The van der Waals surface area contributed by atoms with Gasteiger partial charge in [-0.05, 0) is 142 Å². The number of rotatable bonds is 15. The van der Waals surface area contributed by atoms with E-state index in [0.29, 0.717) is 117 Å². The first-order chi connectivity index (χ1) is 46.5. The number of hydrogen-bond acceptors (Lipinski definition) is 16. The second-order valence-electron chi connectivity index (χ2n) is 27.8. The number of halogens is 6. The zero-order valence-corrected chi connectivity index (χ0v) is 53.7. The molecule has 5 unspecified atom stereocenters. The fourth-order valence-electron chi connectivity index (χ4n) is 17.5. The molecule has 4 aromatic heterocycles. The molecule has 96 heavy (non-hydrogen) atoms. The van der Waals surface area contributed by atoms with Crippen molar-refractivity contribution >= 4 is 55.0 Å². The van der Waals surface area contributed by atoms with Crippen LogP contribution in [0.1, 0.15) is 114 Å². The minimum Gasteiger partial charge on any atom is -0.508 e. The molecule has 16 nitrogen and oxygen atoms in total. The van der Waals surface area contributed by atoms with E-state index in [4.69, 9.17) is 56.7 Å². The molecule has 5 atom stereocenters. The molecule has 0 bridgehead atoms. The molecule has 4 aromatic carbocycles. The lowest BCUT2D eigenvalue weighted by molar-refractivity contribution is -0.150.